The lowest BCUT2D eigenvalue weighted by Crippen LogP contribution is -2.17. The van der Waals surface area contributed by atoms with Crippen LogP contribution in [0.25, 0.3) is 10.8 Å². The highest BCUT2D eigenvalue weighted by molar-refractivity contribution is 6.34. The number of halogens is 1. The summed E-state index contributed by atoms with van der Waals surface area (Å²) in [5.74, 6) is 0.519. The van der Waals surface area contributed by atoms with Gasteiger partial charge in [0.1, 0.15) is 6.61 Å². The maximum Gasteiger partial charge on any atom is 0.241 e. The Kier molecular flexibility index (Phi) is 3.30. The lowest BCUT2D eigenvalue weighted by molar-refractivity contribution is 0.0666. The Hall–Kier alpha value is -1.39. The van der Waals surface area contributed by atoms with Crippen molar-refractivity contribution < 1.29 is 9.47 Å². The second-order valence-corrected chi connectivity index (χ2v) is 4.65. The van der Waals surface area contributed by atoms with Crippen LogP contribution in [-0.4, -0.2) is 29.5 Å². The molecule has 0 N–H and O–H groups in total. The number of nitrogens with zero attached hydrogens (tertiary/aromatic N) is 2. The Morgan fingerprint density at radius 3 is 2.89 bits per heavy atom. The zero-order valence-corrected chi connectivity index (χ0v) is 10.6. The van der Waals surface area contributed by atoms with E-state index in [1.807, 2.05) is 24.3 Å². The van der Waals surface area contributed by atoms with Crippen LogP contribution in [0.15, 0.2) is 24.3 Å². The normalized spacial score (nSPS) is 19.3. The molecule has 94 valence electrons. The van der Waals surface area contributed by atoms with Crippen molar-refractivity contribution in [1.82, 2.24) is 10.2 Å². The fourth-order valence-electron chi connectivity index (χ4n) is 2.10. The van der Waals surface area contributed by atoms with Gasteiger partial charge >= 0.3 is 0 Å². The molecular formula is C13H13ClN2O2. The molecule has 1 atom stereocenters. The van der Waals surface area contributed by atoms with Gasteiger partial charge in [-0.05, 0) is 18.9 Å². The third-order valence-corrected chi connectivity index (χ3v) is 3.32. The van der Waals surface area contributed by atoms with Crippen LogP contribution in [0.4, 0.5) is 0 Å². The van der Waals surface area contributed by atoms with Gasteiger partial charge in [-0.25, -0.2) is 0 Å². The van der Waals surface area contributed by atoms with Crippen LogP contribution >= 0.6 is 11.6 Å². The number of benzene rings is 1. The molecule has 1 aromatic heterocycles. The highest BCUT2D eigenvalue weighted by Gasteiger charge is 2.17. The van der Waals surface area contributed by atoms with E-state index in [1.165, 1.54) is 0 Å². The second kappa shape index (κ2) is 5.08. The molecule has 0 aliphatic carbocycles. The van der Waals surface area contributed by atoms with Gasteiger partial charge in [0, 0.05) is 17.4 Å². The fourth-order valence-corrected chi connectivity index (χ4v) is 2.30. The fraction of sp³-hybridized carbons (Fsp3) is 0.385. The lowest BCUT2D eigenvalue weighted by Gasteiger charge is -2.12. The van der Waals surface area contributed by atoms with E-state index >= 15 is 0 Å². The number of rotatable bonds is 3. The summed E-state index contributed by atoms with van der Waals surface area (Å²) in [4.78, 5) is 0. The first kappa shape index (κ1) is 11.7. The number of hydrogen-bond acceptors (Lipinski definition) is 4. The third kappa shape index (κ3) is 2.26. The minimum atomic E-state index is 0.168. The van der Waals surface area contributed by atoms with E-state index in [4.69, 9.17) is 21.1 Å². The summed E-state index contributed by atoms with van der Waals surface area (Å²) < 4.78 is 11.2. The molecule has 1 saturated heterocycles. The Bertz CT molecular complexity index is 556. The smallest absolute Gasteiger partial charge is 0.241 e. The zero-order chi connectivity index (χ0) is 12.4. The maximum atomic E-state index is 6.00. The van der Waals surface area contributed by atoms with Crippen LogP contribution in [0.2, 0.25) is 5.15 Å². The summed E-state index contributed by atoms with van der Waals surface area (Å²) >= 11 is 6.00. The van der Waals surface area contributed by atoms with Crippen LogP contribution in [0.5, 0.6) is 5.88 Å². The minimum Gasteiger partial charge on any atom is -0.473 e. The molecule has 4 nitrogen and oxygen atoms in total. The van der Waals surface area contributed by atoms with Gasteiger partial charge in [-0.3, -0.25) is 0 Å². The van der Waals surface area contributed by atoms with Crippen molar-refractivity contribution in [3.63, 3.8) is 0 Å². The SMILES string of the molecule is Clc1nnc(OCC2CCCO2)c2ccccc12. The molecule has 5 heteroatoms. The highest BCUT2D eigenvalue weighted by Crippen LogP contribution is 2.27. The summed E-state index contributed by atoms with van der Waals surface area (Å²) in [7, 11) is 0. The Morgan fingerprint density at radius 2 is 2.11 bits per heavy atom. The summed E-state index contributed by atoms with van der Waals surface area (Å²) in [5, 5.41) is 10.1. The summed E-state index contributed by atoms with van der Waals surface area (Å²) in [6.07, 6.45) is 2.31. The average Bonchev–Trinajstić information content (AvgIpc) is 2.92. The summed E-state index contributed by atoms with van der Waals surface area (Å²) in [6, 6.07) is 7.69. The topological polar surface area (TPSA) is 44.2 Å². The molecule has 0 spiro atoms. The predicted molar refractivity (Wildman–Crippen MR) is 69.0 cm³/mol. The number of ether oxygens (including phenoxy) is 2. The van der Waals surface area contributed by atoms with Crippen molar-refractivity contribution >= 4 is 22.4 Å². The van der Waals surface area contributed by atoms with Crippen LogP contribution < -0.4 is 4.74 Å². The van der Waals surface area contributed by atoms with Crippen molar-refractivity contribution in [3.8, 4) is 5.88 Å². The largest absolute Gasteiger partial charge is 0.473 e. The molecule has 0 radical (unpaired) electrons. The molecule has 1 aliphatic heterocycles. The molecule has 1 unspecified atom stereocenters. The second-order valence-electron chi connectivity index (χ2n) is 4.29. The molecule has 3 rings (SSSR count). The van der Waals surface area contributed by atoms with E-state index in [-0.39, 0.29) is 6.10 Å². The molecule has 1 fully saturated rings. The Balaban J connectivity index is 1.85. The number of hydrogen-bond donors (Lipinski definition) is 0. The molecule has 1 aliphatic rings. The molecule has 0 amide bonds. The predicted octanol–water partition coefficient (Wildman–Crippen LogP) is 2.84. The molecule has 2 heterocycles. The van der Waals surface area contributed by atoms with Gasteiger partial charge < -0.3 is 9.47 Å². The van der Waals surface area contributed by atoms with Gasteiger partial charge in [-0.2, -0.15) is 0 Å². The minimum absolute atomic E-state index is 0.168. The van der Waals surface area contributed by atoms with E-state index in [1.54, 1.807) is 0 Å². The molecule has 18 heavy (non-hydrogen) atoms. The van der Waals surface area contributed by atoms with E-state index in [9.17, 15) is 0 Å². The monoisotopic (exact) mass is 264 g/mol. The first-order valence-corrected chi connectivity index (χ1v) is 6.38. The molecular weight excluding hydrogens is 252 g/mol. The van der Waals surface area contributed by atoms with Crippen molar-refractivity contribution in [1.29, 1.82) is 0 Å². The van der Waals surface area contributed by atoms with Gasteiger partial charge in [-0.1, -0.05) is 29.8 Å². The van der Waals surface area contributed by atoms with E-state index in [2.05, 4.69) is 10.2 Å². The van der Waals surface area contributed by atoms with Crippen LogP contribution in [-0.2, 0) is 4.74 Å². The van der Waals surface area contributed by atoms with Crippen LogP contribution in [0.1, 0.15) is 12.8 Å². The van der Waals surface area contributed by atoms with Crippen LogP contribution in [0, 0.1) is 0 Å². The molecule has 0 bridgehead atoms. The van der Waals surface area contributed by atoms with Gasteiger partial charge in [-0.15, -0.1) is 10.2 Å². The molecule has 0 saturated carbocycles. The standard InChI is InChI=1S/C13H13ClN2O2/c14-12-10-5-1-2-6-11(10)13(16-15-12)18-8-9-4-3-7-17-9/h1-2,5-6,9H,3-4,7-8H2. The maximum absolute atomic E-state index is 6.00. The van der Waals surface area contributed by atoms with Crippen molar-refractivity contribution in [2.24, 2.45) is 0 Å². The van der Waals surface area contributed by atoms with E-state index in [0.717, 1.165) is 30.2 Å². The summed E-state index contributed by atoms with van der Waals surface area (Å²) in [6.45, 7) is 1.33. The van der Waals surface area contributed by atoms with Crippen molar-refractivity contribution in [3.05, 3.63) is 29.4 Å². The van der Waals surface area contributed by atoms with Crippen molar-refractivity contribution in [2.45, 2.75) is 18.9 Å². The summed E-state index contributed by atoms with van der Waals surface area (Å²) in [5.41, 5.74) is 0. The average molecular weight is 265 g/mol. The van der Waals surface area contributed by atoms with E-state index in [0.29, 0.717) is 17.6 Å². The quantitative estimate of drug-likeness (QED) is 0.855. The van der Waals surface area contributed by atoms with Gasteiger partial charge in [0.05, 0.1) is 6.10 Å². The van der Waals surface area contributed by atoms with Gasteiger partial charge in [0.25, 0.3) is 0 Å². The zero-order valence-electron chi connectivity index (χ0n) is 9.80. The van der Waals surface area contributed by atoms with Crippen LogP contribution in [0.3, 0.4) is 0 Å². The number of fused-ring (bicyclic) bond motifs is 1. The number of aromatic nitrogens is 2. The van der Waals surface area contributed by atoms with E-state index < -0.39 is 0 Å². The highest BCUT2D eigenvalue weighted by atomic mass is 35.5. The Morgan fingerprint density at radius 1 is 1.28 bits per heavy atom. The van der Waals surface area contributed by atoms with Gasteiger partial charge in [0.15, 0.2) is 5.15 Å². The molecule has 2 aromatic rings. The first-order valence-electron chi connectivity index (χ1n) is 6.00. The lowest BCUT2D eigenvalue weighted by atomic mass is 10.2. The van der Waals surface area contributed by atoms with Gasteiger partial charge in [0.2, 0.25) is 5.88 Å². The third-order valence-electron chi connectivity index (χ3n) is 3.04. The first-order chi connectivity index (χ1) is 8.84. The molecule has 1 aromatic carbocycles. The van der Waals surface area contributed by atoms with Crippen molar-refractivity contribution in [2.75, 3.05) is 13.2 Å². The Labute approximate surface area is 110 Å².